The topological polar surface area (TPSA) is 105 Å². The number of hydrogen-bond donors (Lipinski definition) is 4. The molecule has 2 aromatic rings. The molecule has 0 spiro atoms. The first-order valence-corrected chi connectivity index (χ1v) is 11.2. The highest BCUT2D eigenvalue weighted by Crippen LogP contribution is 2.31. The van der Waals surface area contributed by atoms with Crippen LogP contribution in [0.2, 0.25) is 10.0 Å². The number of phenols is 1. The van der Waals surface area contributed by atoms with Crippen molar-refractivity contribution in [2.75, 3.05) is 25.4 Å². The van der Waals surface area contributed by atoms with Gasteiger partial charge in [0.2, 0.25) is 0 Å². The number of phenolic OH excluding ortho intramolecular Hbond substituents is 1. The van der Waals surface area contributed by atoms with Crippen molar-refractivity contribution in [2.24, 2.45) is 0 Å². The molecule has 0 bridgehead atoms. The number of aryl methyl sites for hydroxylation is 1. The van der Waals surface area contributed by atoms with E-state index in [2.05, 4.69) is 5.32 Å². The number of carbonyl (C=O) groups is 1. The van der Waals surface area contributed by atoms with Gasteiger partial charge in [0.15, 0.2) is 0 Å². The number of nitrogen functional groups attached to an aromatic ring is 1. The highest BCUT2D eigenvalue weighted by atomic mass is 35.5. The lowest BCUT2D eigenvalue weighted by Crippen LogP contribution is -2.22. The van der Waals surface area contributed by atoms with Gasteiger partial charge in [-0.2, -0.15) is 0 Å². The van der Waals surface area contributed by atoms with E-state index in [1.807, 2.05) is 12.1 Å². The SMILES string of the molecule is Nc1c(Cl)cc(C(O)CNCCCCCC(=O)OCCCc2ccc(O)cc2)cc1Cl. The van der Waals surface area contributed by atoms with E-state index in [-0.39, 0.29) is 11.7 Å². The van der Waals surface area contributed by atoms with Crippen LogP contribution in [0.1, 0.15) is 49.3 Å². The Morgan fingerprint density at radius 3 is 2.42 bits per heavy atom. The second-order valence-electron chi connectivity index (χ2n) is 7.42. The predicted molar refractivity (Wildman–Crippen MR) is 125 cm³/mol. The molecule has 0 aromatic heterocycles. The zero-order valence-electron chi connectivity index (χ0n) is 17.4. The number of ether oxygens (including phenoxy) is 1. The number of benzene rings is 2. The Balaban J connectivity index is 1.48. The standard InChI is InChI=1S/C23H30Cl2N2O4/c24-19-13-17(14-20(25)23(19)26)21(29)15-27-11-3-1-2-6-22(30)31-12-4-5-16-7-9-18(28)10-8-16/h7-10,13-14,21,27-29H,1-6,11-12,15,26H2. The van der Waals surface area contributed by atoms with Gasteiger partial charge in [0.05, 0.1) is 28.4 Å². The van der Waals surface area contributed by atoms with Crippen molar-refractivity contribution < 1.29 is 19.7 Å². The van der Waals surface area contributed by atoms with Crippen LogP contribution in [-0.4, -0.2) is 35.9 Å². The minimum absolute atomic E-state index is 0.175. The molecule has 2 rings (SSSR count). The molecule has 6 nitrogen and oxygen atoms in total. The third-order valence-electron chi connectivity index (χ3n) is 4.87. The van der Waals surface area contributed by atoms with Crippen LogP contribution in [0.5, 0.6) is 5.75 Å². The molecule has 5 N–H and O–H groups in total. The smallest absolute Gasteiger partial charge is 0.305 e. The summed E-state index contributed by atoms with van der Waals surface area (Å²) in [6.07, 6.45) is 3.80. The first-order chi connectivity index (χ1) is 14.9. The predicted octanol–water partition coefficient (Wildman–Crippen LogP) is 4.64. The van der Waals surface area contributed by atoms with Crippen molar-refractivity contribution in [2.45, 2.75) is 44.6 Å². The highest BCUT2D eigenvalue weighted by molar-refractivity contribution is 6.38. The number of unbranched alkanes of at least 4 members (excludes halogenated alkanes) is 2. The maximum absolute atomic E-state index is 11.8. The Morgan fingerprint density at radius 1 is 1.06 bits per heavy atom. The van der Waals surface area contributed by atoms with Crippen LogP contribution in [0.4, 0.5) is 5.69 Å². The molecule has 8 heteroatoms. The fourth-order valence-electron chi connectivity index (χ4n) is 3.05. The minimum Gasteiger partial charge on any atom is -0.508 e. The van der Waals surface area contributed by atoms with Gasteiger partial charge in [-0.25, -0.2) is 0 Å². The summed E-state index contributed by atoms with van der Waals surface area (Å²) in [5, 5.41) is 23.3. The second-order valence-corrected chi connectivity index (χ2v) is 8.23. The van der Waals surface area contributed by atoms with Crippen LogP contribution >= 0.6 is 23.2 Å². The number of esters is 1. The third-order valence-corrected chi connectivity index (χ3v) is 5.49. The number of carbonyl (C=O) groups excluding carboxylic acids is 1. The molecule has 0 amide bonds. The Labute approximate surface area is 193 Å². The molecule has 0 fully saturated rings. The number of halogens is 2. The van der Waals surface area contributed by atoms with Gasteiger partial charge >= 0.3 is 5.97 Å². The molecule has 0 aliphatic rings. The number of hydrogen-bond acceptors (Lipinski definition) is 6. The number of aromatic hydroxyl groups is 1. The van der Waals surface area contributed by atoms with Crippen molar-refractivity contribution in [3.8, 4) is 5.75 Å². The molecule has 0 heterocycles. The summed E-state index contributed by atoms with van der Waals surface area (Å²) in [4.78, 5) is 11.8. The van der Waals surface area contributed by atoms with E-state index in [9.17, 15) is 15.0 Å². The summed E-state index contributed by atoms with van der Waals surface area (Å²) in [6, 6.07) is 10.3. The third kappa shape index (κ3) is 9.35. The molecule has 170 valence electrons. The fourth-order valence-corrected chi connectivity index (χ4v) is 3.55. The largest absolute Gasteiger partial charge is 0.508 e. The van der Waals surface area contributed by atoms with Gasteiger partial charge in [-0.15, -0.1) is 0 Å². The van der Waals surface area contributed by atoms with Crippen molar-refractivity contribution in [3.63, 3.8) is 0 Å². The Morgan fingerprint density at radius 2 is 1.74 bits per heavy atom. The zero-order chi connectivity index (χ0) is 22.6. The monoisotopic (exact) mass is 468 g/mol. The first-order valence-electron chi connectivity index (χ1n) is 10.4. The second kappa shape index (κ2) is 13.4. The van der Waals surface area contributed by atoms with Gasteiger partial charge < -0.3 is 26.0 Å². The number of aliphatic hydroxyl groups excluding tert-OH is 1. The first kappa shape index (κ1) is 25.3. The van der Waals surface area contributed by atoms with Crippen LogP contribution in [0.15, 0.2) is 36.4 Å². The van der Waals surface area contributed by atoms with Crippen molar-refractivity contribution in [1.82, 2.24) is 5.32 Å². The summed E-state index contributed by atoms with van der Waals surface area (Å²) in [5.41, 5.74) is 7.73. The van der Waals surface area contributed by atoms with E-state index in [1.165, 1.54) is 0 Å². The summed E-state index contributed by atoms with van der Waals surface area (Å²) < 4.78 is 5.26. The molecular weight excluding hydrogens is 439 g/mol. The average Bonchev–Trinajstić information content (AvgIpc) is 2.75. The molecule has 1 unspecified atom stereocenters. The summed E-state index contributed by atoms with van der Waals surface area (Å²) in [6.45, 7) is 1.51. The number of rotatable bonds is 13. The molecule has 0 aliphatic heterocycles. The quantitative estimate of drug-likeness (QED) is 0.194. The van der Waals surface area contributed by atoms with Gasteiger partial charge in [0.1, 0.15) is 5.75 Å². The van der Waals surface area contributed by atoms with Crippen LogP contribution in [0.25, 0.3) is 0 Å². The van der Waals surface area contributed by atoms with E-state index in [0.29, 0.717) is 40.9 Å². The van der Waals surface area contributed by atoms with Gasteiger partial charge in [-0.3, -0.25) is 4.79 Å². The van der Waals surface area contributed by atoms with Crippen LogP contribution < -0.4 is 11.1 Å². The van der Waals surface area contributed by atoms with E-state index in [1.54, 1.807) is 24.3 Å². The Bertz CT molecular complexity index is 808. The van der Waals surface area contributed by atoms with Crippen LogP contribution in [0.3, 0.4) is 0 Å². The number of nitrogens with one attached hydrogen (secondary N) is 1. The molecule has 0 aliphatic carbocycles. The highest BCUT2D eigenvalue weighted by Gasteiger charge is 2.12. The van der Waals surface area contributed by atoms with Crippen molar-refractivity contribution in [3.05, 3.63) is 57.6 Å². The molecule has 2 aromatic carbocycles. The molecule has 0 radical (unpaired) electrons. The lowest BCUT2D eigenvalue weighted by Gasteiger charge is -2.14. The minimum atomic E-state index is -0.729. The van der Waals surface area contributed by atoms with Gasteiger partial charge in [-0.05, 0) is 67.6 Å². The van der Waals surface area contributed by atoms with Gasteiger partial charge in [-0.1, -0.05) is 41.8 Å². The summed E-state index contributed by atoms with van der Waals surface area (Å²) >= 11 is 12.0. The van der Waals surface area contributed by atoms with E-state index in [0.717, 1.165) is 44.2 Å². The maximum atomic E-state index is 11.8. The molecular formula is C23H30Cl2N2O4. The van der Waals surface area contributed by atoms with Crippen molar-refractivity contribution in [1.29, 1.82) is 0 Å². The number of aliphatic hydroxyl groups is 1. The summed E-state index contributed by atoms with van der Waals surface area (Å²) in [7, 11) is 0. The van der Waals surface area contributed by atoms with Crippen LogP contribution in [0, 0.1) is 0 Å². The summed E-state index contributed by atoms with van der Waals surface area (Å²) in [5.74, 6) is 0.0735. The molecule has 1 atom stereocenters. The fraction of sp³-hybridized carbons (Fsp3) is 0.435. The molecule has 0 saturated heterocycles. The Hall–Kier alpha value is -1.99. The van der Waals surface area contributed by atoms with Crippen LogP contribution in [-0.2, 0) is 16.0 Å². The zero-order valence-corrected chi connectivity index (χ0v) is 19.0. The van der Waals surface area contributed by atoms with Crippen molar-refractivity contribution >= 4 is 34.9 Å². The van der Waals surface area contributed by atoms with E-state index in [4.69, 9.17) is 33.7 Å². The van der Waals surface area contributed by atoms with Gasteiger partial charge in [0, 0.05) is 13.0 Å². The Kier molecular flexibility index (Phi) is 10.9. The van der Waals surface area contributed by atoms with E-state index >= 15 is 0 Å². The molecule has 0 saturated carbocycles. The maximum Gasteiger partial charge on any atom is 0.305 e. The molecule has 31 heavy (non-hydrogen) atoms. The average molecular weight is 469 g/mol. The normalized spacial score (nSPS) is 12.0. The lowest BCUT2D eigenvalue weighted by molar-refractivity contribution is -0.143. The lowest BCUT2D eigenvalue weighted by atomic mass is 10.1. The number of anilines is 1. The van der Waals surface area contributed by atoms with Gasteiger partial charge in [0.25, 0.3) is 0 Å². The van der Waals surface area contributed by atoms with E-state index < -0.39 is 6.10 Å². The number of nitrogens with two attached hydrogens (primary N) is 1.